The maximum Gasteiger partial charge on any atom is 0.306 e. The summed E-state index contributed by atoms with van der Waals surface area (Å²) in [5.74, 6) is -1.30. The van der Waals surface area contributed by atoms with Crippen LogP contribution in [0.3, 0.4) is 0 Å². The van der Waals surface area contributed by atoms with E-state index < -0.39 is 67.4 Å². The van der Waals surface area contributed by atoms with Crippen LogP contribution in [0.25, 0.3) is 0 Å². The molecule has 0 saturated carbocycles. The molecule has 0 aliphatic carbocycles. The molecule has 1 heterocycles. The Morgan fingerprint density at radius 2 is 0.911 bits per heavy atom. The lowest BCUT2D eigenvalue weighted by Crippen LogP contribution is -2.61. The first-order valence-electron chi connectivity index (χ1n) is 31.3. The molecule has 8 atom stereocenters. The minimum absolute atomic E-state index is 0.00892. The highest BCUT2D eigenvalue weighted by atomic mass is 16.7. The van der Waals surface area contributed by atoms with Gasteiger partial charge in [-0.15, -0.1) is 0 Å². The first kappa shape index (κ1) is 73.1. The molecule has 0 aromatic heterocycles. The van der Waals surface area contributed by atoms with Crippen molar-refractivity contribution in [3.63, 3.8) is 0 Å². The molecule has 0 spiro atoms. The molecule has 1 rings (SSSR count). The lowest BCUT2D eigenvalue weighted by atomic mass is 9.99. The molecule has 0 aromatic rings. The van der Waals surface area contributed by atoms with Gasteiger partial charge in [-0.3, -0.25) is 9.59 Å². The molecule has 1 saturated heterocycles. The third-order valence-corrected chi connectivity index (χ3v) is 13.9. The van der Waals surface area contributed by atoms with E-state index in [9.17, 15) is 35.1 Å². The summed E-state index contributed by atoms with van der Waals surface area (Å²) in [6, 6.07) is -1.05. The molecular formula is C68H113NO10. The van der Waals surface area contributed by atoms with Crippen LogP contribution in [0.15, 0.2) is 122 Å². The predicted octanol–water partition coefficient (Wildman–Crippen LogP) is 15.1. The van der Waals surface area contributed by atoms with Crippen LogP contribution >= 0.6 is 0 Å². The Balaban J connectivity index is 2.71. The van der Waals surface area contributed by atoms with Crippen molar-refractivity contribution in [2.45, 2.75) is 282 Å². The van der Waals surface area contributed by atoms with Crippen LogP contribution in [-0.4, -0.2) is 99.6 Å². The minimum atomic E-state index is -1.65. The van der Waals surface area contributed by atoms with E-state index in [0.29, 0.717) is 19.3 Å². The van der Waals surface area contributed by atoms with Crippen molar-refractivity contribution in [3.05, 3.63) is 122 Å². The summed E-state index contributed by atoms with van der Waals surface area (Å²) in [5, 5.41) is 56.9. The minimum Gasteiger partial charge on any atom is -0.454 e. The fraction of sp³-hybridized carbons (Fsp3) is 0.676. The Labute approximate surface area is 480 Å². The number of nitrogens with one attached hydrogen (secondary N) is 1. The quantitative estimate of drug-likeness (QED) is 0.0195. The van der Waals surface area contributed by atoms with Crippen LogP contribution < -0.4 is 5.32 Å². The maximum atomic E-state index is 13.4. The largest absolute Gasteiger partial charge is 0.454 e. The van der Waals surface area contributed by atoms with Gasteiger partial charge in [-0.25, -0.2) is 0 Å². The lowest BCUT2D eigenvalue weighted by molar-refractivity contribution is -0.305. The van der Waals surface area contributed by atoms with Gasteiger partial charge in [-0.2, -0.15) is 0 Å². The van der Waals surface area contributed by atoms with Gasteiger partial charge in [0.1, 0.15) is 24.4 Å². The van der Waals surface area contributed by atoms with Crippen LogP contribution in [-0.2, 0) is 23.8 Å². The van der Waals surface area contributed by atoms with Gasteiger partial charge in [0.05, 0.1) is 25.4 Å². The van der Waals surface area contributed by atoms with Crippen LogP contribution in [0.4, 0.5) is 0 Å². The number of carbonyl (C=O) groups excluding carboxylic acids is 2. The highest BCUT2D eigenvalue weighted by molar-refractivity contribution is 5.80. The molecule has 0 bridgehead atoms. The molecular weight excluding hydrogens is 991 g/mol. The molecule has 11 heteroatoms. The van der Waals surface area contributed by atoms with Crippen LogP contribution in [0.5, 0.6) is 0 Å². The molecule has 1 amide bonds. The average molecular weight is 1100 g/mol. The first-order valence-corrected chi connectivity index (χ1v) is 31.3. The summed E-state index contributed by atoms with van der Waals surface area (Å²) in [6.07, 6.45) is 65.3. The highest BCUT2D eigenvalue weighted by Gasteiger charge is 2.47. The fourth-order valence-electron chi connectivity index (χ4n) is 8.92. The van der Waals surface area contributed by atoms with E-state index in [1.807, 2.05) is 18.2 Å². The molecule has 11 nitrogen and oxygen atoms in total. The van der Waals surface area contributed by atoms with E-state index in [0.717, 1.165) is 103 Å². The molecule has 1 aliphatic rings. The van der Waals surface area contributed by atoms with Crippen molar-refractivity contribution < 1.29 is 49.3 Å². The smallest absolute Gasteiger partial charge is 0.306 e. The average Bonchev–Trinajstić information content (AvgIpc) is 3.47. The summed E-state index contributed by atoms with van der Waals surface area (Å²) in [4.78, 5) is 26.5. The van der Waals surface area contributed by atoms with Crippen LogP contribution in [0.2, 0.25) is 0 Å². The number of rotatable bonds is 51. The molecule has 6 N–H and O–H groups in total. The van der Waals surface area contributed by atoms with Gasteiger partial charge in [0.2, 0.25) is 5.91 Å². The van der Waals surface area contributed by atoms with E-state index >= 15 is 0 Å². The number of ether oxygens (including phenoxy) is 3. The predicted molar refractivity (Wildman–Crippen MR) is 328 cm³/mol. The second-order valence-corrected chi connectivity index (χ2v) is 21.0. The normalized spacial score (nSPS) is 19.7. The van der Waals surface area contributed by atoms with Crippen molar-refractivity contribution in [1.82, 2.24) is 5.32 Å². The van der Waals surface area contributed by atoms with Gasteiger partial charge in [-0.1, -0.05) is 245 Å². The van der Waals surface area contributed by atoms with Crippen molar-refractivity contribution in [3.8, 4) is 0 Å². The first-order chi connectivity index (χ1) is 38.7. The Kier molecular flexibility index (Phi) is 50.5. The van der Waals surface area contributed by atoms with Crippen molar-refractivity contribution in [2.24, 2.45) is 0 Å². The summed E-state index contributed by atoms with van der Waals surface area (Å²) in [7, 11) is 0. The number of hydrogen-bond acceptors (Lipinski definition) is 10. The summed E-state index contributed by atoms with van der Waals surface area (Å²) in [5.41, 5.74) is 0. The molecule has 0 aromatic carbocycles. The Morgan fingerprint density at radius 3 is 1.39 bits per heavy atom. The van der Waals surface area contributed by atoms with Crippen molar-refractivity contribution in [1.29, 1.82) is 0 Å². The van der Waals surface area contributed by atoms with Crippen molar-refractivity contribution >= 4 is 11.9 Å². The zero-order valence-corrected chi connectivity index (χ0v) is 49.7. The number of hydrogen-bond donors (Lipinski definition) is 6. The number of esters is 1. The topological polar surface area (TPSA) is 175 Å². The third kappa shape index (κ3) is 42.6. The summed E-state index contributed by atoms with van der Waals surface area (Å²) < 4.78 is 17.5. The lowest BCUT2D eigenvalue weighted by Gasteiger charge is -2.41. The molecule has 79 heavy (non-hydrogen) atoms. The Hall–Kier alpha value is -3.94. The molecule has 1 fully saturated rings. The zero-order valence-electron chi connectivity index (χ0n) is 49.7. The molecule has 0 radical (unpaired) electrons. The number of aliphatic hydroxyl groups is 5. The standard InChI is InChI=1S/C68H113NO10/c1-4-7-10-13-16-19-22-24-26-28-30-32-33-35-37-40-43-46-49-52-55-61(72)67(76)69-59(60(71)54-51-48-45-42-39-21-18-15-12-9-6-3)58-77-68-66(65(75)64(74)62(57-70)78-68)79-63(73)56-53-50-47-44-41-38-36-34-31-29-27-25-23-20-17-14-11-8-5-2/h8,11,16-17,19-20,24-27,30-32,34,38,41,47,50-51,54,59-62,64-66,68,70-72,74-75H,4-7,9-10,12-15,18,21-23,28-29,33,35-37,39-40,42-46,48-49,52-53,55-58H2,1-3H3,(H,69,76)/b11-8-,19-16-,20-17-,26-24-,27-25-,32-30-,34-31-,41-38-,50-47-,54-51+. The zero-order chi connectivity index (χ0) is 57.5. The summed E-state index contributed by atoms with van der Waals surface area (Å²) in [6.45, 7) is 5.59. The number of aliphatic hydroxyl groups excluding tert-OH is 5. The second-order valence-electron chi connectivity index (χ2n) is 21.0. The Morgan fingerprint density at radius 1 is 0.506 bits per heavy atom. The second kappa shape index (κ2) is 54.6. The van der Waals surface area contributed by atoms with Gasteiger partial charge < -0.3 is 45.1 Å². The Bertz CT molecular complexity index is 1740. The van der Waals surface area contributed by atoms with E-state index in [1.165, 1.54) is 77.0 Å². The number of amides is 1. The van der Waals surface area contributed by atoms with E-state index in [2.05, 4.69) is 123 Å². The third-order valence-electron chi connectivity index (χ3n) is 13.9. The van der Waals surface area contributed by atoms with Gasteiger partial charge >= 0.3 is 5.97 Å². The van der Waals surface area contributed by atoms with Crippen LogP contribution in [0, 0.1) is 0 Å². The molecule has 8 unspecified atom stereocenters. The van der Waals surface area contributed by atoms with Gasteiger partial charge in [0.25, 0.3) is 0 Å². The fourth-order valence-corrected chi connectivity index (χ4v) is 8.92. The van der Waals surface area contributed by atoms with Crippen molar-refractivity contribution in [2.75, 3.05) is 13.2 Å². The number of allylic oxidation sites excluding steroid dienone is 19. The van der Waals surface area contributed by atoms with E-state index in [1.54, 1.807) is 6.08 Å². The van der Waals surface area contributed by atoms with Gasteiger partial charge in [-0.05, 0) is 103 Å². The maximum absolute atomic E-state index is 13.4. The monoisotopic (exact) mass is 1100 g/mol. The number of unbranched alkanes of at least 4 members (excludes halogenated alkanes) is 19. The van der Waals surface area contributed by atoms with Crippen LogP contribution in [0.1, 0.15) is 233 Å². The van der Waals surface area contributed by atoms with Gasteiger partial charge in [0, 0.05) is 6.42 Å². The van der Waals surface area contributed by atoms with E-state index in [4.69, 9.17) is 14.2 Å². The molecule has 1 aliphatic heterocycles. The van der Waals surface area contributed by atoms with E-state index in [-0.39, 0.29) is 19.4 Å². The molecule has 450 valence electrons. The number of carbonyl (C=O) groups is 2. The van der Waals surface area contributed by atoms with Gasteiger partial charge in [0.15, 0.2) is 12.4 Å². The SMILES string of the molecule is CC/C=C\C/C=C\C/C=C\C/C=C\C/C=C\C/C=C\CCC(=O)OC1C(OCC(NC(=O)C(O)CCCCCCCCC/C=C\C/C=C\C/C=C\CCCCC)C(O)/C=C/CCCCCCCCCCC)OC(CO)C(O)C1O. The highest BCUT2D eigenvalue weighted by Crippen LogP contribution is 2.26. The summed E-state index contributed by atoms with van der Waals surface area (Å²) >= 11 is 0.